The lowest BCUT2D eigenvalue weighted by atomic mass is 10.3. The van der Waals surface area contributed by atoms with Crippen molar-refractivity contribution in [2.45, 2.75) is 13.0 Å². The van der Waals surface area contributed by atoms with Crippen molar-refractivity contribution < 1.29 is 10.2 Å². The van der Waals surface area contributed by atoms with Crippen molar-refractivity contribution in [1.29, 1.82) is 0 Å². The molecule has 0 aliphatic heterocycles. The zero-order valence-electron chi connectivity index (χ0n) is 9.79. The average molecular weight is 253 g/mol. The highest BCUT2D eigenvalue weighted by Crippen LogP contribution is 2.27. The number of aliphatic hydroxyl groups excluding tert-OH is 2. The zero-order valence-corrected chi connectivity index (χ0v) is 10.6. The number of anilines is 1. The summed E-state index contributed by atoms with van der Waals surface area (Å²) < 4.78 is 0. The molecule has 0 unspecified atom stereocenters. The first kappa shape index (κ1) is 12.2. The predicted molar refractivity (Wildman–Crippen MR) is 68.5 cm³/mol. The molecular weight excluding hydrogens is 238 g/mol. The van der Waals surface area contributed by atoms with Crippen molar-refractivity contribution in [3.05, 3.63) is 17.3 Å². The minimum absolute atomic E-state index is 0.249. The molecule has 0 saturated carbocycles. The highest BCUT2D eigenvalue weighted by Gasteiger charge is 2.13. The second-order valence-electron chi connectivity index (χ2n) is 3.95. The highest BCUT2D eigenvalue weighted by molar-refractivity contribution is 7.16. The third kappa shape index (κ3) is 2.54. The van der Waals surface area contributed by atoms with Crippen molar-refractivity contribution in [2.24, 2.45) is 0 Å². The largest absolute Gasteiger partial charge is 0.394 e. The van der Waals surface area contributed by atoms with E-state index in [1.165, 1.54) is 0 Å². The number of aliphatic hydroxyl groups is 2. The van der Waals surface area contributed by atoms with Crippen LogP contribution in [0.4, 0.5) is 5.82 Å². The van der Waals surface area contributed by atoms with Gasteiger partial charge in [-0.25, -0.2) is 9.97 Å². The fourth-order valence-corrected chi connectivity index (χ4v) is 2.50. The molecule has 2 aromatic heterocycles. The molecule has 0 radical (unpaired) electrons. The molecule has 5 nitrogen and oxygen atoms in total. The van der Waals surface area contributed by atoms with Crippen LogP contribution >= 0.6 is 11.3 Å². The quantitative estimate of drug-likeness (QED) is 0.843. The van der Waals surface area contributed by atoms with Gasteiger partial charge >= 0.3 is 0 Å². The number of rotatable bonds is 4. The van der Waals surface area contributed by atoms with Crippen molar-refractivity contribution in [3.63, 3.8) is 0 Å². The molecule has 0 aliphatic carbocycles. The Hall–Kier alpha value is -1.24. The first-order valence-corrected chi connectivity index (χ1v) is 6.21. The molecule has 0 aliphatic rings. The van der Waals surface area contributed by atoms with Crippen molar-refractivity contribution in [2.75, 3.05) is 25.1 Å². The van der Waals surface area contributed by atoms with E-state index in [1.54, 1.807) is 11.3 Å². The third-order valence-corrected chi connectivity index (χ3v) is 3.28. The van der Waals surface area contributed by atoms with Gasteiger partial charge in [-0.1, -0.05) is 0 Å². The zero-order chi connectivity index (χ0) is 12.4. The number of fused-ring (bicyclic) bond motifs is 1. The Morgan fingerprint density at radius 2 is 2.24 bits per heavy atom. The molecule has 0 amide bonds. The number of likely N-dealkylation sites (N-methyl/N-ethyl adjacent to an activating group) is 1. The van der Waals surface area contributed by atoms with E-state index in [9.17, 15) is 5.11 Å². The van der Waals surface area contributed by atoms with Crippen LogP contribution in [-0.2, 0) is 0 Å². The Bertz CT molecular complexity index is 514. The van der Waals surface area contributed by atoms with E-state index in [0.29, 0.717) is 12.4 Å². The Morgan fingerprint density at radius 1 is 1.47 bits per heavy atom. The van der Waals surface area contributed by atoms with E-state index in [-0.39, 0.29) is 6.61 Å². The summed E-state index contributed by atoms with van der Waals surface area (Å²) in [4.78, 5) is 11.5. The van der Waals surface area contributed by atoms with Gasteiger partial charge in [-0.15, -0.1) is 11.3 Å². The second kappa shape index (κ2) is 4.95. The van der Waals surface area contributed by atoms with Crippen LogP contribution in [0.5, 0.6) is 0 Å². The number of thiophene rings is 1. The van der Waals surface area contributed by atoms with E-state index in [1.807, 2.05) is 30.3 Å². The van der Waals surface area contributed by atoms with Crippen LogP contribution in [0.2, 0.25) is 0 Å². The molecule has 2 aromatic rings. The maximum absolute atomic E-state index is 9.45. The van der Waals surface area contributed by atoms with Gasteiger partial charge in [0.1, 0.15) is 16.5 Å². The monoisotopic (exact) mass is 253 g/mol. The molecule has 17 heavy (non-hydrogen) atoms. The van der Waals surface area contributed by atoms with Crippen molar-refractivity contribution in [3.8, 4) is 0 Å². The van der Waals surface area contributed by atoms with Crippen molar-refractivity contribution >= 4 is 27.4 Å². The van der Waals surface area contributed by atoms with Crippen LogP contribution in [0, 0.1) is 6.92 Å². The number of hydrogen-bond acceptors (Lipinski definition) is 6. The van der Waals surface area contributed by atoms with Crippen LogP contribution in [0.25, 0.3) is 10.2 Å². The smallest absolute Gasteiger partial charge is 0.140 e. The van der Waals surface area contributed by atoms with Crippen LogP contribution < -0.4 is 4.90 Å². The summed E-state index contributed by atoms with van der Waals surface area (Å²) in [5.41, 5.74) is 0. The van der Waals surface area contributed by atoms with Crippen LogP contribution in [0.15, 0.2) is 11.4 Å². The molecule has 0 saturated heterocycles. The lowest BCUT2D eigenvalue weighted by molar-refractivity contribution is 0.101. The minimum Gasteiger partial charge on any atom is -0.394 e. The van der Waals surface area contributed by atoms with E-state index in [2.05, 4.69) is 9.97 Å². The van der Waals surface area contributed by atoms with Crippen molar-refractivity contribution in [1.82, 2.24) is 9.97 Å². The van der Waals surface area contributed by atoms with Crippen LogP contribution in [0.1, 0.15) is 5.82 Å². The van der Waals surface area contributed by atoms with Gasteiger partial charge in [-0.3, -0.25) is 0 Å². The van der Waals surface area contributed by atoms with E-state index in [0.717, 1.165) is 16.0 Å². The molecule has 0 fully saturated rings. The summed E-state index contributed by atoms with van der Waals surface area (Å²) in [6.45, 7) is 1.94. The molecule has 0 bridgehead atoms. The number of aryl methyl sites for hydroxylation is 1. The van der Waals surface area contributed by atoms with Gasteiger partial charge in [0.15, 0.2) is 0 Å². The Balaban J connectivity index is 2.36. The van der Waals surface area contributed by atoms with E-state index < -0.39 is 6.10 Å². The number of hydrogen-bond donors (Lipinski definition) is 2. The second-order valence-corrected chi connectivity index (χ2v) is 4.85. The van der Waals surface area contributed by atoms with Gasteiger partial charge < -0.3 is 15.1 Å². The summed E-state index contributed by atoms with van der Waals surface area (Å²) in [6, 6.07) is 1.97. The fourth-order valence-electron chi connectivity index (χ4n) is 1.69. The molecule has 2 heterocycles. The SMILES string of the molecule is Cc1nc(N(C)C[C@@H](O)CO)c2ccsc2n1. The first-order valence-electron chi connectivity index (χ1n) is 5.33. The Labute approximate surface area is 103 Å². The average Bonchev–Trinajstić information content (AvgIpc) is 2.75. The lowest BCUT2D eigenvalue weighted by Crippen LogP contribution is -2.32. The van der Waals surface area contributed by atoms with Gasteiger partial charge in [0.2, 0.25) is 0 Å². The lowest BCUT2D eigenvalue weighted by Gasteiger charge is -2.21. The van der Waals surface area contributed by atoms with E-state index in [4.69, 9.17) is 5.11 Å². The maximum atomic E-state index is 9.45. The fraction of sp³-hybridized carbons (Fsp3) is 0.455. The molecule has 0 aromatic carbocycles. The van der Waals surface area contributed by atoms with E-state index >= 15 is 0 Å². The maximum Gasteiger partial charge on any atom is 0.140 e. The summed E-state index contributed by atoms with van der Waals surface area (Å²) in [6.07, 6.45) is -0.760. The summed E-state index contributed by atoms with van der Waals surface area (Å²) in [5, 5.41) is 21.3. The summed E-state index contributed by atoms with van der Waals surface area (Å²) >= 11 is 1.57. The third-order valence-electron chi connectivity index (χ3n) is 2.47. The summed E-state index contributed by atoms with van der Waals surface area (Å²) in [5.74, 6) is 1.50. The predicted octanol–water partition coefficient (Wildman–Crippen LogP) is 0.789. The van der Waals surface area contributed by atoms with Gasteiger partial charge in [0.25, 0.3) is 0 Å². The van der Waals surface area contributed by atoms with Gasteiger partial charge in [0, 0.05) is 13.6 Å². The topological polar surface area (TPSA) is 69.5 Å². The standard InChI is InChI=1S/C11H15N3O2S/c1-7-12-10(14(2)5-8(16)6-15)9-3-4-17-11(9)13-7/h3-4,8,15-16H,5-6H2,1-2H3/t8-/m1/s1. The molecule has 2 N–H and O–H groups in total. The van der Waals surface area contributed by atoms with Gasteiger partial charge in [-0.05, 0) is 18.4 Å². The Morgan fingerprint density at radius 3 is 2.94 bits per heavy atom. The molecule has 1 atom stereocenters. The molecule has 0 spiro atoms. The molecule has 92 valence electrons. The molecule has 6 heteroatoms. The molecular formula is C11H15N3O2S. The van der Waals surface area contributed by atoms with Gasteiger partial charge in [0.05, 0.1) is 18.1 Å². The van der Waals surface area contributed by atoms with Crippen LogP contribution in [-0.4, -0.2) is 46.5 Å². The minimum atomic E-state index is -0.760. The van der Waals surface area contributed by atoms with Gasteiger partial charge in [-0.2, -0.15) is 0 Å². The highest BCUT2D eigenvalue weighted by atomic mass is 32.1. The Kier molecular flexibility index (Phi) is 3.56. The molecule has 2 rings (SSSR count). The first-order chi connectivity index (χ1) is 8.11. The number of nitrogens with zero attached hydrogens (tertiary/aromatic N) is 3. The number of aromatic nitrogens is 2. The summed E-state index contributed by atoms with van der Waals surface area (Å²) in [7, 11) is 1.84. The van der Waals surface area contributed by atoms with Crippen LogP contribution in [0.3, 0.4) is 0 Å². The normalized spacial score (nSPS) is 12.9.